The molecule has 1 N–H and O–H groups in total. The zero-order chi connectivity index (χ0) is 13.4. The second-order valence-corrected chi connectivity index (χ2v) is 5.39. The van der Waals surface area contributed by atoms with Crippen LogP contribution in [0.2, 0.25) is 0 Å². The minimum absolute atomic E-state index is 0.0313. The lowest BCUT2D eigenvalue weighted by Crippen LogP contribution is -2.06. The van der Waals surface area contributed by atoms with E-state index in [2.05, 4.69) is 46.8 Å². The standard InChI is InChI=1S/C15H19N3O/c1-10-3-4-12(7-11(10)2)8-14-16-17-15(9-19)18(14)13-5-6-13/h3-4,7,13,19H,5-6,8-9H2,1-2H3. The first-order valence-electron chi connectivity index (χ1n) is 6.78. The van der Waals surface area contributed by atoms with Gasteiger partial charge in [-0.3, -0.25) is 0 Å². The summed E-state index contributed by atoms with van der Waals surface area (Å²) in [5, 5.41) is 17.7. The van der Waals surface area contributed by atoms with Gasteiger partial charge in [-0.15, -0.1) is 10.2 Å². The van der Waals surface area contributed by atoms with Crippen LogP contribution in [0.15, 0.2) is 18.2 Å². The molecule has 19 heavy (non-hydrogen) atoms. The van der Waals surface area contributed by atoms with Crippen LogP contribution in [0.5, 0.6) is 0 Å². The molecule has 2 aromatic rings. The van der Waals surface area contributed by atoms with Crippen LogP contribution in [-0.2, 0) is 13.0 Å². The van der Waals surface area contributed by atoms with Crippen LogP contribution in [-0.4, -0.2) is 19.9 Å². The summed E-state index contributed by atoms with van der Waals surface area (Å²) >= 11 is 0. The van der Waals surface area contributed by atoms with Crippen molar-refractivity contribution < 1.29 is 5.11 Å². The van der Waals surface area contributed by atoms with Crippen LogP contribution in [0.1, 0.15) is 47.2 Å². The second kappa shape index (κ2) is 4.78. The Kier molecular flexibility index (Phi) is 3.11. The molecule has 1 saturated carbocycles. The molecule has 1 aromatic heterocycles. The van der Waals surface area contributed by atoms with Gasteiger partial charge in [0.25, 0.3) is 0 Å². The van der Waals surface area contributed by atoms with Crippen LogP contribution < -0.4 is 0 Å². The lowest BCUT2D eigenvalue weighted by Gasteiger charge is -2.09. The SMILES string of the molecule is Cc1ccc(Cc2nnc(CO)n2C2CC2)cc1C. The first-order valence-corrected chi connectivity index (χ1v) is 6.78. The zero-order valence-corrected chi connectivity index (χ0v) is 11.4. The fourth-order valence-corrected chi connectivity index (χ4v) is 2.44. The first-order chi connectivity index (χ1) is 9.19. The highest BCUT2D eigenvalue weighted by Gasteiger charge is 2.29. The summed E-state index contributed by atoms with van der Waals surface area (Å²) in [5.74, 6) is 1.66. The third-order valence-electron chi connectivity index (χ3n) is 3.82. The van der Waals surface area contributed by atoms with Crippen molar-refractivity contribution in [3.63, 3.8) is 0 Å². The molecule has 1 aromatic carbocycles. The summed E-state index contributed by atoms with van der Waals surface area (Å²) in [7, 11) is 0. The Morgan fingerprint density at radius 2 is 1.89 bits per heavy atom. The Bertz CT molecular complexity index is 599. The highest BCUT2D eigenvalue weighted by molar-refractivity contribution is 5.31. The third-order valence-corrected chi connectivity index (χ3v) is 3.82. The molecule has 0 amide bonds. The normalized spacial score (nSPS) is 14.9. The molecule has 4 heteroatoms. The largest absolute Gasteiger partial charge is 0.388 e. The van der Waals surface area contributed by atoms with Crippen molar-refractivity contribution >= 4 is 0 Å². The van der Waals surface area contributed by atoms with Crippen molar-refractivity contribution in [3.8, 4) is 0 Å². The number of rotatable bonds is 4. The van der Waals surface area contributed by atoms with Gasteiger partial charge in [-0.05, 0) is 43.4 Å². The fraction of sp³-hybridized carbons (Fsp3) is 0.467. The number of aliphatic hydroxyl groups is 1. The van der Waals surface area contributed by atoms with Crippen LogP contribution >= 0.6 is 0 Å². The van der Waals surface area contributed by atoms with Gasteiger partial charge < -0.3 is 9.67 Å². The molecule has 0 aliphatic heterocycles. The minimum Gasteiger partial charge on any atom is -0.388 e. The molecular formula is C15H19N3O. The van der Waals surface area contributed by atoms with Crippen molar-refractivity contribution in [1.29, 1.82) is 0 Å². The minimum atomic E-state index is -0.0313. The maximum absolute atomic E-state index is 9.33. The summed E-state index contributed by atoms with van der Waals surface area (Å²) in [6, 6.07) is 7.00. The maximum atomic E-state index is 9.33. The van der Waals surface area contributed by atoms with E-state index in [4.69, 9.17) is 0 Å². The summed E-state index contributed by atoms with van der Waals surface area (Å²) in [5.41, 5.74) is 3.86. The molecule has 1 aliphatic carbocycles. The smallest absolute Gasteiger partial charge is 0.159 e. The van der Waals surface area contributed by atoms with Crippen molar-refractivity contribution in [2.45, 2.75) is 45.8 Å². The van der Waals surface area contributed by atoms with Gasteiger partial charge >= 0.3 is 0 Å². The van der Waals surface area contributed by atoms with Gasteiger partial charge in [-0.25, -0.2) is 0 Å². The molecule has 0 radical (unpaired) electrons. The van der Waals surface area contributed by atoms with E-state index in [-0.39, 0.29) is 6.61 Å². The lowest BCUT2D eigenvalue weighted by molar-refractivity contribution is 0.264. The van der Waals surface area contributed by atoms with E-state index in [1.807, 2.05) is 0 Å². The van der Waals surface area contributed by atoms with Crippen molar-refractivity contribution in [2.75, 3.05) is 0 Å². The summed E-state index contributed by atoms with van der Waals surface area (Å²) < 4.78 is 2.12. The number of aromatic nitrogens is 3. The van der Waals surface area contributed by atoms with E-state index >= 15 is 0 Å². The van der Waals surface area contributed by atoms with Crippen molar-refractivity contribution in [3.05, 3.63) is 46.5 Å². The van der Waals surface area contributed by atoms with E-state index in [1.54, 1.807) is 0 Å². The Balaban J connectivity index is 1.90. The maximum Gasteiger partial charge on any atom is 0.159 e. The quantitative estimate of drug-likeness (QED) is 0.914. The number of aliphatic hydroxyl groups excluding tert-OH is 1. The summed E-state index contributed by atoms with van der Waals surface area (Å²) in [6.07, 6.45) is 3.13. The molecule has 3 rings (SSSR count). The van der Waals surface area contributed by atoms with Crippen molar-refractivity contribution in [2.24, 2.45) is 0 Å². The van der Waals surface area contributed by atoms with Gasteiger partial charge in [0.05, 0.1) is 0 Å². The Labute approximate surface area is 113 Å². The monoisotopic (exact) mass is 257 g/mol. The molecule has 1 aliphatic rings. The van der Waals surface area contributed by atoms with Gasteiger partial charge in [0, 0.05) is 12.5 Å². The first kappa shape index (κ1) is 12.4. The average molecular weight is 257 g/mol. The fourth-order valence-electron chi connectivity index (χ4n) is 2.44. The molecule has 0 spiro atoms. The topological polar surface area (TPSA) is 50.9 Å². The number of hydrogen-bond acceptors (Lipinski definition) is 3. The molecule has 100 valence electrons. The lowest BCUT2D eigenvalue weighted by atomic mass is 10.0. The van der Waals surface area contributed by atoms with Crippen molar-refractivity contribution in [1.82, 2.24) is 14.8 Å². The molecule has 0 bridgehead atoms. The highest BCUT2D eigenvalue weighted by Crippen LogP contribution is 2.37. The number of aryl methyl sites for hydroxylation is 2. The van der Waals surface area contributed by atoms with E-state index in [0.717, 1.165) is 12.2 Å². The second-order valence-electron chi connectivity index (χ2n) is 5.39. The van der Waals surface area contributed by atoms with E-state index in [1.165, 1.54) is 29.5 Å². The number of benzene rings is 1. The predicted octanol–water partition coefficient (Wildman–Crippen LogP) is 2.31. The van der Waals surface area contributed by atoms with Crippen LogP contribution in [0.25, 0.3) is 0 Å². The molecular weight excluding hydrogens is 238 g/mol. The van der Waals surface area contributed by atoms with E-state index in [0.29, 0.717) is 11.9 Å². The van der Waals surface area contributed by atoms with Crippen LogP contribution in [0, 0.1) is 13.8 Å². The Hall–Kier alpha value is -1.68. The van der Waals surface area contributed by atoms with Gasteiger partial charge in [0.2, 0.25) is 0 Å². The Morgan fingerprint density at radius 1 is 1.16 bits per heavy atom. The van der Waals surface area contributed by atoms with Crippen LogP contribution in [0.3, 0.4) is 0 Å². The highest BCUT2D eigenvalue weighted by atomic mass is 16.3. The van der Waals surface area contributed by atoms with Gasteiger partial charge in [0.15, 0.2) is 5.82 Å². The number of nitrogens with zero attached hydrogens (tertiary/aromatic N) is 3. The summed E-state index contributed by atoms with van der Waals surface area (Å²) in [4.78, 5) is 0. The molecule has 0 unspecified atom stereocenters. The van der Waals surface area contributed by atoms with Gasteiger partial charge in [-0.1, -0.05) is 18.2 Å². The Morgan fingerprint density at radius 3 is 2.53 bits per heavy atom. The molecule has 4 nitrogen and oxygen atoms in total. The molecule has 0 atom stereocenters. The van der Waals surface area contributed by atoms with Gasteiger partial charge in [-0.2, -0.15) is 0 Å². The van der Waals surface area contributed by atoms with E-state index < -0.39 is 0 Å². The molecule has 1 fully saturated rings. The van der Waals surface area contributed by atoms with Gasteiger partial charge in [0.1, 0.15) is 12.4 Å². The zero-order valence-electron chi connectivity index (χ0n) is 11.4. The number of hydrogen-bond donors (Lipinski definition) is 1. The van der Waals surface area contributed by atoms with Crippen LogP contribution in [0.4, 0.5) is 0 Å². The third kappa shape index (κ3) is 2.40. The predicted molar refractivity (Wildman–Crippen MR) is 72.9 cm³/mol. The summed E-state index contributed by atoms with van der Waals surface area (Å²) in [6.45, 7) is 4.22. The molecule has 1 heterocycles. The van der Waals surface area contributed by atoms with E-state index in [9.17, 15) is 5.11 Å². The average Bonchev–Trinajstić information content (AvgIpc) is 3.16. The molecule has 0 saturated heterocycles.